The van der Waals surface area contributed by atoms with Crippen molar-refractivity contribution in [1.82, 2.24) is 4.57 Å². The van der Waals surface area contributed by atoms with E-state index in [1.165, 1.54) is 29.2 Å². The molecule has 0 aliphatic heterocycles. The Kier molecular flexibility index (Phi) is 7.61. The molecule has 0 fully saturated rings. The Labute approximate surface area is 191 Å². The lowest BCUT2D eigenvalue weighted by molar-refractivity contribution is -0.121. The second-order valence-electron chi connectivity index (χ2n) is 7.67. The molecule has 0 radical (unpaired) electrons. The molecule has 0 saturated carbocycles. The summed E-state index contributed by atoms with van der Waals surface area (Å²) < 4.78 is 20.6. The van der Waals surface area contributed by atoms with Crippen molar-refractivity contribution < 1.29 is 23.5 Å². The highest BCUT2D eigenvalue weighted by molar-refractivity contribution is 5.98. The van der Waals surface area contributed by atoms with E-state index in [9.17, 15) is 18.8 Å². The number of rotatable bonds is 9. The fraction of sp³-hybridized carbons (Fsp3) is 0.240. The van der Waals surface area contributed by atoms with Gasteiger partial charge in [-0.15, -0.1) is 0 Å². The van der Waals surface area contributed by atoms with Crippen LogP contribution >= 0.6 is 0 Å². The molecule has 33 heavy (non-hydrogen) atoms. The summed E-state index contributed by atoms with van der Waals surface area (Å²) in [5.41, 5.74) is 8.68. The number of nitrogens with two attached hydrogens (primary N) is 1. The number of nitrogens with zero attached hydrogens (tertiary/aromatic N) is 2. The van der Waals surface area contributed by atoms with Crippen molar-refractivity contribution in [3.05, 3.63) is 89.0 Å². The van der Waals surface area contributed by atoms with E-state index in [1.54, 1.807) is 6.07 Å². The fourth-order valence-electron chi connectivity index (χ4n) is 3.54. The molecule has 0 unspecified atom stereocenters. The molecule has 8 heteroatoms. The van der Waals surface area contributed by atoms with Gasteiger partial charge in [-0.3, -0.25) is 9.59 Å². The van der Waals surface area contributed by atoms with Crippen molar-refractivity contribution >= 4 is 23.5 Å². The number of halogens is 1. The smallest absolute Gasteiger partial charge is 0.340 e. The summed E-state index contributed by atoms with van der Waals surface area (Å²) in [6, 6.07) is 16.8. The summed E-state index contributed by atoms with van der Waals surface area (Å²) in [6.07, 6.45) is -0.0856. The first kappa shape index (κ1) is 23.7. The Morgan fingerprint density at radius 2 is 1.70 bits per heavy atom. The predicted molar refractivity (Wildman–Crippen MR) is 122 cm³/mol. The molecule has 3 rings (SSSR count). The minimum atomic E-state index is -0.621. The van der Waals surface area contributed by atoms with Crippen molar-refractivity contribution in [3.8, 4) is 0 Å². The lowest BCUT2D eigenvalue weighted by Crippen LogP contribution is -2.37. The third kappa shape index (κ3) is 6.06. The third-order valence-corrected chi connectivity index (χ3v) is 5.32. The Hall–Kier alpha value is -3.94. The minimum Gasteiger partial charge on any atom is -0.452 e. The monoisotopic (exact) mass is 451 g/mol. The van der Waals surface area contributed by atoms with Crippen LogP contribution in [0.4, 0.5) is 10.1 Å². The van der Waals surface area contributed by atoms with Crippen LogP contribution in [0.2, 0.25) is 0 Å². The van der Waals surface area contributed by atoms with Gasteiger partial charge in [0.05, 0.1) is 5.56 Å². The highest BCUT2D eigenvalue weighted by Gasteiger charge is 2.21. The van der Waals surface area contributed by atoms with Crippen LogP contribution in [0.3, 0.4) is 0 Å². The van der Waals surface area contributed by atoms with Gasteiger partial charge in [-0.25, -0.2) is 9.18 Å². The molecule has 0 atom stereocenters. The van der Waals surface area contributed by atoms with E-state index in [4.69, 9.17) is 10.5 Å². The van der Waals surface area contributed by atoms with Crippen molar-refractivity contribution in [1.29, 1.82) is 0 Å². The SMILES string of the molecule is Cc1cc(C(=O)OCC(=O)N(CCC(N)=O)c2ccc(F)cc2)c(C)n1Cc1ccccc1. The predicted octanol–water partition coefficient (Wildman–Crippen LogP) is 3.36. The van der Waals surface area contributed by atoms with E-state index >= 15 is 0 Å². The van der Waals surface area contributed by atoms with Crippen LogP contribution in [0.5, 0.6) is 0 Å². The molecule has 2 amide bonds. The Bertz CT molecular complexity index is 1140. The second kappa shape index (κ2) is 10.6. The first-order valence-corrected chi connectivity index (χ1v) is 10.5. The minimum absolute atomic E-state index is 0.0110. The van der Waals surface area contributed by atoms with E-state index < -0.39 is 30.2 Å². The molecule has 0 saturated heterocycles. The number of esters is 1. The maximum Gasteiger partial charge on any atom is 0.340 e. The number of aryl methyl sites for hydroxylation is 1. The van der Waals surface area contributed by atoms with Crippen LogP contribution in [0.1, 0.15) is 33.7 Å². The number of hydrogen-bond acceptors (Lipinski definition) is 4. The van der Waals surface area contributed by atoms with Gasteiger partial charge < -0.3 is 19.9 Å². The van der Waals surface area contributed by atoms with Crippen LogP contribution < -0.4 is 10.6 Å². The number of carbonyl (C=O) groups excluding carboxylic acids is 3. The standard InChI is InChI=1S/C25H26FN3O4/c1-17-14-22(18(2)29(17)15-19-6-4-3-5-7-19)25(32)33-16-24(31)28(13-12-23(27)30)21-10-8-20(26)9-11-21/h3-11,14H,12-13,15-16H2,1-2H3,(H2,27,30). The summed E-state index contributed by atoms with van der Waals surface area (Å²) in [6.45, 7) is 3.79. The van der Waals surface area contributed by atoms with E-state index in [0.717, 1.165) is 17.0 Å². The van der Waals surface area contributed by atoms with Crippen molar-refractivity contribution in [3.63, 3.8) is 0 Å². The van der Waals surface area contributed by atoms with Crippen LogP contribution in [-0.4, -0.2) is 35.5 Å². The highest BCUT2D eigenvalue weighted by Crippen LogP contribution is 2.19. The summed E-state index contributed by atoms with van der Waals surface area (Å²) in [5, 5.41) is 0. The molecule has 2 aromatic carbocycles. The summed E-state index contributed by atoms with van der Waals surface area (Å²) in [7, 11) is 0. The number of primary amides is 1. The average Bonchev–Trinajstić information content (AvgIpc) is 3.07. The van der Waals surface area contributed by atoms with Gasteiger partial charge in [-0.05, 0) is 49.7 Å². The number of aromatic nitrogens is 1. The highest BCUT2D eigenvalue weighted by atomic mass is 19.1. The normalized spacial score (nSPS) is 10.6. The number of benzene rings is 2. The van der Waals surface area contributed by atoms with Gasteiger partial charge >= 0.3 is 5.97 Å². The van der Waals surface area contributed by atoms with Crippen LogP contribution in [0.15, 0.2) is 60.7 Å². The Morgan fingerprint density at radius 3 is 2.33 bits per heavy atom. The molecule has 0 spiro atoms. The molecule has 3 aromatic rings. The van der Waals surface area contributed by atoms with Gasteiger partial charge in [0.15, 0.2) is 6.61 Å². The first-order valence-electron chi connectivity index (χ1n) is 10.5. The molecule has 1 heterocycles. The van der Waals surface area contributed by atoms with Gasteiger partial charge in [-0.1, -0.05) is 30.3 Å². The number of amides is 2. The maximum atomic E-state index is 13.3. The largest absolute Gasteiger partial charge is 0.452 e. The molecule has 1 aromatic heterocycles. The van der Waals surface area contributed by atoms with E-state index in [0.29, 0.717) is 17.8 Å². The quantitative estimate of drug-likeness (QED) is 0.505. The molecular formula is C25H26FN3O4. The van der Waals surface area contributed by atoms with E-state index in [2.05, 4.69) is 0 Å². The molecule has 172 valence electrons. The van der Waals surface area contributed by atoms with Gasteiger partial charge in [0, 0.05) is 36.6 Å². The van der Waals surface area contributed by atoms with E-state index in [-0.39, 0.29) is 13.0 Å². The molecular weight excluding hydrogens is 425 g/mol. The van der Waals surface area contributed by atoms with Crippen LogP contribution in [0, 0.1) is 19.7 Å². The summed E-state index contributed by atoms with van der Waals surface area (Å²) in [4.78, 5) is 37.9. The van der Waals surface area contributed by atoms with Crippen LogP contribution in [-0.2, 0) is 20.9 Å². The zero-order valence-corrected chi connectivity index (χ0v) is 18.6. The van der Waals surface area contributed by atoms with Crippen molar-refractivity contribution in [2.45, 2.75) is 26.8 Å². The molecule has 0 bridgehead atoms. The summed E-state index contributed by atoms with van der Waals surface area (Å²) in [5.74, 6) is -2.21. The molecule has 0 aliphatic carbocycles. The van der Waals surface area contributed by atoms with E-state index in [1.807, 2.05) is 48.7 Å². The number of carbonyl (C=O) groups is 3. The first-order chi connectivity index (χ1) is 15.8. The summed E-state index contributed by atoms with van der Waals surface area (Å²) >= 11 is 0. The molecule has 0 aliphatic rings. The lowest BCUT2D eigenvalue weighted by atomic mass is 10.2. The number of hydrogen-bond donors (Lipinski definition) is 1. The molecule has 2 N–H and O–H groups in total. The van der Waals surface area contributed by atoms with Gasteiger partial charge in [0.2, 0.25) is 5.91 Å². The van der Waals surface area contributed by atoms with Gasteiger partial charge in [0.1, 0.15) is 5.82 Å². The Morgan fingerprint density at radius 1 is 1.03 bits per heavy atom. The third-order valence-electron chi connectivity index (χ3n) is 5.32. The van der Waals surface area contributed by atoms with Crippen molar-refractivity contribution in [2.75, 3.05) is 18.1 Å². The zero-order valence-electron chi connectivity index (χ0n) is 18.6. The van der Waals surface area contributed by atoms with Gasteiger partial charge in [-0.2, -0.15) is 0 Å². The van der Waals surface area contributed by atoms with Gasteiger partial charge in [0.25, 0.3) is 5.91 Å². The second-order valence-corrected chi connectivity index (χ2v) is 7.67. The Balaban J connectivity index is 1.70. The topological polar surface area (TPSA) is 94.6 Å². The van der Waals surface area contributed by atoms with Crippen LogP contribution in [0.25, 0.3) is 0 Å². The van der Waals surface area contributed by atoms with Crippen molar-refractivity contribution in [2.24, 2.45) is 5.73 Å². The number of anilines is 1. The maximum absolute atomic E-state index is 13.3. The number of ether oxygens (including phenoxy) is 1. The zero-order chi connectivity index (χ0) is 24.0. The average molecular weight is 451 g/mol. The lowest BCUT2D eigenvalue weighted by Gasteiger charge is -2.22. The fourth-order valence-corrected chi connectivity index (χ4v) is 3.54. The molecule has 7 nitrogen and oxygen atoms in total.